The molecule has 1 rings (SSSR count). The number of phenols is 1. The summed E-state index contributed by atoms with van der Waals surface area (Å²) in [4.78, 5) is 0. The van der Waals surface area contributed by atoms with Gasteiger partial charge in [-0.2, -0.15) is 12.6 Å². The van der Waals surface area contributed by atoms with Crippen LogP contribution in [0, 0.1) is 5.82 Å². The Morgan fingerprint density at radius 3 is 2.55 bits per heavy atom. The van der Waals surface area contributed by atoms with Crippen LogP contribution in [0.15, 0.2) is 18.2 Å². The number of halogens is 1. The van der Waals surface area contributed by atoms with E-state index in [0.29, 0.717) is 0 Å². The van der Waals surface area contributed by atoms with Crippen molar-refractivity contribution in [1.82, 2.24) is 0 Å². The number of rotatable bonds is 1. The molecule has 0 aliphatic carbocycles. The van der Waals surface area contributed by atoms with Gasteiger partial charge in [0.2, 0.25) is 0 Å². The first kappa shape index (κ1) is 8.40. The zero-order valence-corrected chi connectivity index (χ0v) is 6.98. The molecule has 1 unspecified atom stereocenters. The van der Waals surface area contributed by atoms with E-state index in [1.54, 1.807) is 6.92 Å². The van der Waals surface area contributed by atoms with E-state index in [1.165, 1.54) is 18.2 Å². The summed E-state index contributed by atoms with van der Waals surface area (Å²) in [6.07, 6.45) is 0. The highest BCUT2D eigenvalue weighted by Crippen LogP contribution is 2.29. The van der Waals surface area contributed by atoms with Crippen molar-refractivity contribution in [2.24, 2.45) is 0 Å². The van der Waals surface area contributed by atoms with E-state index in [9.17, 15) is 9.50 Å². The van der Waals surface area contributed by atoms with Gasteiger partial charge in [-0.3, -0.25) is 0 Å². The number of hydrogen-bond donors (Lipinski definition) is 2. The van der Waals surface area contributed by atoms with Crippen molar-refractivity contribution < 1.29 is 9.50 Å². The number of benzene rings is 1. The van der Waals surface area contributed by atoms with Crippen molar-refractivity contribution in [3.63, 3.8) is 0 Å². The highest BCUT2D eigenvalue weighted by molar-refractivity contribution is 7.80. The highest BCUT2D eigenvalue weighted by atomic mass is 32.1. The average molecular weight is 172 g/mol. The second kappa shape index (κ2) is 3.13. The van der Waals surface area contributed by atoms with Crippen LogP contribution in [-0.2, 0) is 0 Å². The Morgan fingerprint density at radius 1 is 1.55 bits per heavy atom. The predicted octanol–water partition coefficient (Wildman–Crippen LogP) is 2.52. The molecular formula is C8H9FOS. The van der Waals surface area contributed by atoms with Crippen LogP contribution in [-0.4, -0.2) is 5.11 Å². The van der Waals surface area contributed by atoms with Crippen molar-refractivity contribution in [2.75, 3.05) is 0 Å². The third kappa shape index (κ3) is 1.66. The standard InChI is InChI=1S/C8H9FOS/c1-5(11)8-6(9)3-2-4-7(8)10/h2-5,10-11H,1H3. The van der Waals surface area contributed by atoms with Crippen LogP contribution in [0.25, 0.3) is 0 Å². The molecule has 0 saturated heterocycles. The van der Waals surface area contributed by atoms with E-state index >= 15 is 0 Å². The first-order chi connectivity index (χ1) is 5.13. The number of phenolic OH excluding ortho intramolecular Hbond substituents is 1. The molecule has 0 saturated carbocycles. The largest absolute Gasteiger partial charge is 0.508 e. The van der Waals surface area contributed by atoms with Gasteiger partial charge in [0.25, 0.3) is 0 Å². The zero-order valence-electron chi connectivity index (χ0n) is 6.08. The first-order valence-electron chi connectivity index (χ1n) is 3.28. The summed E-state index contributed by atoms with van der Waals surface area (Å²) in [6, 6.07) is 4.22. The molecule has 11 heavy (non-hydrogen) atoms. The van der Waals surface area contributed by atoms with Crippen LogP contribution in [0.2, 0.25) is 0 Å². The number of hydrogen-bond acceptors (Lipinski definition) is 2. The molecule has 0 heterocycles. The Bertz CT molecular complexity index is 240. The molecule has 0 aliphatic heterocycles. The number of aromatic hydroxyl groups is 1. The summed E-state index contributed by atoms with van der Waals surface area (Å²) in [5.74, 6) is -0.444. The maximum Gasteiger partial charge on any atom is 0.131 e. The SMILES string of the molecule is CC(S)c1c(O)cccc1F. The van der Waals surface area contributed by atoms with E-state index < -0.39 is 5.82 Å². The van der Waals surface area contributed by atoms with Crippen molar-refractivity contribution in [3.05, 3.63) is 29.6 Å². The molecule has 0 spiro atoms. The summed E-state index contributed by atoms with van der Waals surface area (Å²) >= 11 is 4.03. The topological polar surface area (TPSA) is 20.2 Å². The van der Waals surface area contributed by atoms with E-state index in [1.807, 2.05) is 0 Å². The quantitative estimate of drug-likeness (QED) is 0.624. The minimum absolute atomic E-state index is 0.0347. The fraction of sp³-hybridized carbons (Fsp3) is 0.250. The van der Waals surface area contributed by atoms with Crippen LogP contribution >= 0.6 is 12.6 Å². The van der Waals surface area contributed by atoms with Gasteiger partial charge in [0, 0.05) is 10.8 Å². The maximum absolute atomic E-state index is 12.9. The van der Waals surface area contributed by atoms with Crippen molar-refractivity contribution >= 4 is 12.6 Å². The molecule has 0 bridgehead atoms. The van der Waals surface area contributed by atoms with Crippen LogP contribution in [0.3, 0.4) is 0 Å². The Balaban J connectivity index is 3.21. The molecule has 1 N–H and O–H groups in total. The number of thiol groups is 1. The Labute approximate surface area is 70.3 Å². The predicted molar refractivity (Wildman–Crippen MR) is 45.5 cm³/mol. The molecule has 1 nitrogen and oxygen atoms in total. The minimum Gasteiger partial charge on any atom is -0.508 e. The summed E-state index contributed by atoms with van der Waals surface area (Å²) in [7, 11) is 0. The Kier molecular flexibility index (Phi) is 2.39. The molecule has 0 aliphatic rings. The molecule has 1 aromatic rings. The van der Waals surface area contributed by atoms with Gasteiger partial charge in [-0.15, -0.1) is 0 Å². The Hall–Kier alpha value is -0.700. The van der Waals surface area contributed by atoms with E-state index in [2.05, 4.69) is 12.6 Å². The lowest BCUT2D eigenvalue weighted by Crippen LogP contribution is -1.90. The van der Waals surface area contributed by atoms with Crippen molar-refractivity contribution in [2.45, 2.75) is 12.2 Å². The van der Waals surface area contributed by atoms with Crippen molar-refractivity contribution in [1.29, 1.82) is 0 Å². The molecule has 1 aromatic carbocycles. The summed E-state index contributed by atoms with van der Waals surface area (Å²) < 4.78 is 12.9. The summed E-state index contributed by atoms with van der Waals surface area (Å²) in [5.41, 5.74) is 0.260. The molecule has 0 amide bonds. The van der Waals surface area contributed by atoms with Crippen molar-refractivity contribution in [3.8, 4) is 5.75 Å². The van der Waals surface area contributed by atoms with Gasteiger partial charge in [-0.05, 0) is 19.1 Å². The molecule has 0 fully saturated rings. The fourth-order valence-electron chi connectivity index (χ4n) is 0.939. The normalized spacial score (nSPS) is 13.0. The molecule has 3 heteroatoms. The molecule has 0 aromatic heterocycles. The smallest absolute Gasteiger partial charge is 0.131 e. The van der Waals surface area contributed by atoms with E-state index in [0.717, 1.165) is 0 Å². The second-order valence-corrected chi connectivity index (χ2v) is 3.12. The van der Waals surface area contributed by atoms with Gasteiger partial charge in [0.15, 0.2) is 0 Å². The van der Waals surface area contributed by atoms with Gasteiger partial charge >= 0.3 is 0 Å². The zero-order chi connectivity index (χ0) is 8.43. The van der Waals surface area contributed by atoms with Gasteiger partial charge in [0.05, 0.1) is 0 Å². The van der Waals surface area contributed by atoms with Crippen LogP contribution in [0.5, 0.6) is 5.75 Å². The third-order valence-corrected chi connectivity index (χ3v) is 1.71. The average Bonchev–Trinajstić information content (AvgIpc) is 1.85. The lowest BCUT2D eigenvalue weighted by Gasteiger charge is -2.07. The lowest BCUT2D eigenvalue weighted by molar-refractivity contribution is 0.459. The van der Waals surface area contributed by atoms with Gasteiger partial charge < -0.3 is 5.11 Å². The molecule has 60 valence electrons. The maximum atomic E-state index is 12.9. The summed E-state index contributed by atoms with van der Waals surface area (Å²) in [5, 5.41) is 8.89. The first-order valence-corrected chi connectivity index (χ1v) is 3.80. The van der Waals surface area contributed by atoms with E-state index in [4.69, 9.17) is 0 Å². The molecule has 1 atom stereocenters. The minimum atomic E-state index is -0.410. The lowest BCUT2D eigenvalue weighted by atomic mass is 10.1. The monoisotopic (exact) mass is 172 g/mol. The van der Waals surface area contributed by atoms with Gasteiger partial charge in [0.1, 0.15) is 11.6 Å². The van der Waals surface area contributed by atoms with Crippen LogP contribution in [0.1, 0.15) is 17.7 Å². The van der Waals surface area contributed by atoms with Crippen LogP contribution in [0.4, 0.5) is 4.39 Å². The summed E-state index contributed by atoms with van der Waals surface area (Å²) in [6.45, 7) is 1.71. The highest BCUT2D eigenvalue weighted by Gasteiger charge is 2.10. The molecule has 0 radical (unpaired) electrons. The van der Waals surface area contributed by atoms with Crippen LogP contribution < -0.4 is 0 Å². The second-order valence-electron chi connectivity index (χ2n) is 2.35. The fourth-order valence-corrected chi connectivity index (χ4v) is 1.19. The van der Waals surface area contributed by atoms with E-state index in [-0.39, 0.29) is 16.6 Å². The Morgan fingerprint density at radius 2 is 2.18 bits per heavy atom. The van der Waals surface area contributed by atoms with Gasteiger partial charge in [-0.1, -0.05) is 6.07 Å². The third-order valence-electron chi connectivity index (χ3n) is 1.45. The van der Waals surface area contributed by atoms with Gasteiger partial charge in [-0.25, -0.2) is 4.39 Å². The molecular weight excluding hydrogens is 163 g/mol.